The van der Waals surface area contributed by atoms with Crippen molar-refractivity contribution in [3.63, 3.8) is 0 Å². The molecule has 19 heavy (non-hydrogen) atoms. The molecule has 0 atom stereocenters. The quantitative estimate of drug-likeness (QED) is 0.690. The van der Waals surface area contributed by atoms with E-state index < -0.39 is 0 Å². The number of halogens is 1. The molecule has 2 rings (SSSR count). The zero-order valence-corrected chi connectivity index (χ0v) is 10.9. The molecule has 1 aromatic heterocycles. The number of nitrogens with one attached hydrogen (secondary N) is 1. The Morgan fingerprint density at radius 3 is 2.68 bits per heavy atom. The van der Waals surface area contributed by atoms with E-state index in [-0.39, 0.29) is 5.91 Å². The fourth-order valence-electron chi connectivity index (χ4n) is 1.38. The summed E-state index contributed by atoms with van der Waals surface area (Å²) in [4.78, 5) is 19.6. The number of hydrazone groups is 1. The van der Waals surface area contributed by atoms with Crippen LogP contribution in [-0.4, -0.2) is 21.6 Å². The molecule has 1 aromatic carbocycles. The third-order valence-electron chi connectivity index (χ3n) is 2.39. The van der Waals surface area contributed by atoms with Gasteiger partial charge in [-0.2, -0.15) is 5.10 Å². The van der Waals surface area contributed by atoms with Gasteiger partial charge in [-0.05, 0) is 25.1 Å². The van der Waals surface area contributed by atoms with E-state index in [1.54, 1.807) is 43.6 Å². The van der Waals surface area contributed by atoms with Crippen LogP contribution in [0.15, 0.2) is 48.1 Å². The Morgan fingerprint density at radius 2 is 2.00 bits per heavy atom. The molecule has 0 aliphatic carbocycles. The predicted molar refractivity (Wildman–Crippen MR) is 73.2 cm³/mol. The third-order valence-corrected chi connectivity index (χ3v) is 2.63. The molecule has 0 fully saturated rings. The molecule has 2 aromatic rings. The van der Waals surface area contributed by atoms with Crippen molar-refractivity contribution in [1.29, 1.82) is 0 Å². The smallest absolute Gasteiger partial charge is 0.267 e. The molecule has 0 aliphatic rings. The highest BCUT2D eigenvalue weighted by Crippen LogP contribution is 2.10. The SMILES string of the molecule is C/C(=N\NC(=O)c1cccc(Cl)c1)c1cncnc1. The van der Waals surface area contributed by atoms with Crippen LogP contribution in [0.3, 0.4) is 0 Å². The van der Waals surface area contributed by atoms with E-state index in [4.69, 9.17) is 11.6 Å². The lowest BCUT2D eigenvalue weighted by molar-refractivity contribution is 0.0955. The van der Waals surface area contributed by atoms with Gasteiger partial charge in [0.15, 0.2) is 0 Å². The van der Waals surface area contributed by atoms with E-state index in [2.05, 4.69) is 20.5 Å². The summed E-state index contributed by atoms with van der Waals surface area (Å²) in [6, 6.07) is 6.65. The Hall–Kier alpha value is -2.27. The molecule has 5 nitrogen and oxygen atoms in total. The van der Waals surface area contributed by atoms with Crippen molar-refractivity contribution in [1.82, 2.24) is 15.4 Å². The van der Waals surface area contributed by atoms with Crippen molar-refractivity contribution in [2.24, 2.45) is 5.10 Å². The summed E-state index contributed by atoms with van der Waals surface area (Å²) >= 11 is 5.82. The minimum Gasteiger partial charge on any atom is -0.267 e. The topological polar surface area (TPSA) is 67.2 Å². The monoisotopic (exact) mass is 274 g/mol. The molecule has 0 aliphatic heterocycles. The van der Waals surface area contributed by atoms with Gasteiger partial charge in [0, 0.05) is 28.5 Å². The second-order valence-corrected chi connectivity index (χ2v) is 4.21. The summed E-state index contributed by atoms with van der Waals surface area (Å²) in [6.07, 6.45) is 4.68. The summed E-state index contributed by atoms with van der Waals surface area (Å²) < 4.78 is 0. The zero-order chi connectivity index (χ0) is 13.7. The van der Waals surface area contributed by atoms with Gasteiger partial charge in [0.2, 0.25) is 0 Å². The molecule has 0 bridgehead atoms. The zero-order valence-electron chi connectivity index (χ0n) is 10.2. The lowest BCUT2D eigenvalue weighted by atomic mass is 10.2. The van der Waals surface area contributed by atoms with Gasteiger partial charge in [0.05, 0.1) is 5.71 Å². The summed E-state index contributed by atoms with van der Waals surface area (Å²) in [5, 5.41) is 4.50. The number of nitrogens with zero attached hydrogens (tertiary/aromatic N) is 3. The molecule has 0 saturated heterocycles. The number of hydrogen-bond acceptors (Lipinski definition) is 4. The van der Waals surface area contributed by atoms with Crippen molar-refractivity contribution < 1.29 is 4.79 Å². The van der Waals surface area contributed by atoms with Crippen LogP contribution in [0.4, 0.5) is 0 Å². The van der Waals surface area contributed by atoms with E-state index in [0.717, 1.165) is 5.56 Å². The normalized spacial score (nSPS) is 11.2. The molecular formula is C13H11ClN4O. The van der Waals surface area contributed by atoms with Gasteiger partial charge >= 0.3 is 0 Å². The van der Waals surface area contributed by atoms with Crippen LogP contribution in [0.1, 0.15) is 22.8 Å². The number of benzene rings is 1. The minimum absolute atomic E-state index is 0.321. The van der Waals surface area contributed by atoms with Crippen LogP contribution < -0.4 is 5.43 Å². The van der Waals surface area contributed by atoms with E-state index in [1.165, 1.54) is 6.33 Å². The first-order valence-corrected chi connectivity index (χ1v) is 5.90. The van der Waals surface area contributed by atoms with E-state index in [9.17, 15) is 4.79 Å². The molecule has 6 heteroatoms. The Kier molecular flexibility index (Phi) is 4.20. The number of hydrogen-bond donors (Lipinski definition) is 1. The maximum Gasteiger partial charge on any atom is 0.271 e. The summed E-state index contributed by atoms with van der Waals surface area (Å²) in [7, 11) is 0. The highest BCUT2D eigenvalue weighted by atomic mass is 35.5. The Bertz CT molecular complexity index is 613. The lowest BCUT2D eigenvalue weighted by Gasteiger charge is -2.02. The van der Waals surface area contributed by atoms with Crippen molar-refractivity contribution in [2.75, 3.05) is 0 Å². The second-order valence-electron chi connectivity index (χ2n) is 3.78. The molecule has 1 N–H and O–H groups in total. The molecule has 1 amide bonds. The number of carbonyl (C=O) groups excluding carboxylic acids is 1. The lowest BCUT2D eigenvalue weighted by Crippen LogP contribution is -2.19. The Morgan fingerprint density at radius 1 is 1.26 bits per heavy atom. The van der Waals surface area contributed by atoms with Crippen LogP contribution >= 0.6 is 11.6 Å². The first kappa shape index (κ1) is 13.2. The Labute approximate surface area is 115 Å². The Balaban J connectivity index is 2.08. The van der Waals surface area contributed by atoms with Gasteiger partial charge in [-0.3, -0.25) is 4.79 Å². The fraction of sp³-hybridized carbons (Fsp3) is 0.0769. The van der Waals surface area contributed by atoms with Crippen LogP contribution in [0.5, 0.6) is 0 Å². The summed E-state index contributed by atoms with van der Waals surface area (Å²) in [5.41, 5.74) is 4.28. The van der Waals surface area contributed by atoms with Crippen LogP contribution in [0, 0.1) is 0 Å². The standard InChI is InChI=1S/C13H11ClN4O/c1-9(11-6-15-8-16-7-11)17-18-13(19)10-3-2-4-12(14)5-10/h2-8H,1H3,(H,18,19)/b17-9+. The number of amides is 1. The summed E-state index contributed by atoms with van der Waals surface area (Å²) in [6.45, 7) is 1.76. The van der Waals surface area contributed by atoms with Crippen LogP contribution in [0.25, 0.3) is 0 Å². The molecule has 0 saturated carbocycles. The predicted octanol–water partition coefficient (Wildman–Crippen LogP) is 2.28. The maximum absolute atomic E-state index is 11.8. The van der Waals surface area contributed by atoms with Gasteiger partial charge in [-0.15, -0.1) is 0 Å². The average Bonchev–Trinajstić information content (AvgIpc) is 2.45. The molecule has 96 valence electrons. The highest BCUT2D eigenvalue weighted by molar-refractivity contribution is 6.30. The van der Waals surface area contributed by atoms with Crippen LogP contribution in [-0.2, 0) is 0 Å². The van der Waals surface area contributed by atoms with E-state index in [0.29, 0.717) is 16.3 Å². The first-order chi connectivity index (χ1) is 9.16. The van der Waals surface area contributed by atoms with Crippen molar-refractivity contribution in [3.05, 3.63) is 59.1 Å². The first-order valence-electron chi connectivity index (χ1n) is 5.52. The molecule has 0 spiro atoms. The molecule has 0 unspecified atom stereocenters. The largest absolute Gasteiger partial charge is 0.271 e. The molecule has 1 heterocycles. The number of aromatic nitrogens is 2. The van der Waals surface area contributed by atoms with Crippen molar-refractivity contribution in [2.45, 2.75) is 6.92 Å². The van der Waals surface area contributed by atoms with Crippen molar-refractivity contribution in [3.8, 4) is 0 Å². The van der Waals surface area contributed by atoms with Crippen LogP contribution in [0.2, 0.25) is 5.02 Å². The highest BCUT2D eigenvalue weighted by Gasteiger charge is 2.05. The fourth-order valence-corrected chi connectivity index (χ4v) is 1.57. The van der Waals surface area contributed by atoms with Crippen molar-refractivity contribution >= 4 is 23.2 Å². The molecular weight excluding hydrogens is 264 g/mol. The van der Waals surface area contributed by atoms with Gasteiger partial charge in [0.25, 0.3) is 5.91 Å². The van der Waals surface area contributed by atoms with Gasteiger partial charge in [-0.1, -0.05) is 17.7 Å². The average molecular weight is 275 g/mol. The second kappa shape index (κ2) is 6.06. The third kappa shape index (κ3) is 3.59. The maximum atomic E-state index is 11.8. The van der Waals surface area contributed by atoms with Gasteiger partial charge in [-0.25, -0.2) is 15.4 Å². The number of rotatable bonds is 3. The van der Waals surface area contributed by atoms with E-state index in [1.807, 2.05) is 0 Å². The van der Waals surface area contributed by atoms with Gasteiger partial charge < -0.3 is 0 Å². The van der Waals surface area contributed by atoms with E-state index >= 15 is 0 Å². The molecule has 0 radical (unpaired) electrons. The summed E-state index contributed by atoms with van der Waals surface area (Å²) in [5.74, 6) is -0.321. The minimum atomic E-state index is -0.321. The number of carbonyl (C=O) groups is 1. The van der Waals surface area contributed by atoms with Gasteiger partial charge in [0.1, 0.15) is 6.33 Å².